The predicted molar refractivity (Wildman–Crippen MR) is 103 cm³/mol. The second-order valence-corrected chi connectivity index (χ2v) is 5.67. The van der Waals surface area contributed by atoms with E-state index in [-0.39, 0.29) is 13.4 Å². The number of benzene rings is 1. The minimum Gasteiger partial charge on any atom is -0.466 e. The standard InChI is InChI=1S/C20H19N2O4.CH4/c1-25-19(23)10-9-15-13-22(18-8-4-3-7-17(15)18)14-21-11-5-6-16(12-21)20(24)26-2;/h3-13H,14H2,1-2H3;1H4/q+1;/b10-9+;. The molecule has 27 heavy (non-hydrogen) atoms. The van der Waals surface area contributed by atoms with E-state index in [1.165, 1.54) is 20.3 Å². The molecule has 0 fully saturated rings. The van der Waals surface area contributed by atoms with Crippen LogP contribution in [-0.2, 0) is 20.9 Å². The summed E-state index contributed by atoms with van der Waals surface area (Å²) < 4.78 is 13.4. The van der Waals surface area contributed by atoms with E-state index in [4.69, 9.17) is 4.74 Å². The number of aromatic nitrogens is 2. The third-order valence-corrected chi connectivity index (χ3v) is 4.01. The summed E-state index contributed by atoms with van der Waals surface area (Å²) in [6.45, 7) is 0.511. The quantitative estimate of drug-likeness (QED) is 0.395. The minimum atomic E-state index is -0.401. The fraction of sp³-hybridized carbons (Fsp3) is 0.190. The van der Waals surface area contributed by atoms with E-state index < -0.39 is 5.97 Å². The van der Waals surface area contributed by atoms with Gasteiger partial charge < -0.3 is 9.47 Å². The molecule has 0 aliphatic rings. The molecule has 1 aromatic carbocycles. The summed E-state index contributed by atoms with van der Waals surface area (Å²) in [6.07, 6.45) is 8.72. The number of hydrogen-bond donors (Lipinski definition) is 0. The summed E-state index contributed by atoms with van der Waals surface area (Å²) >= 11 is 0. The summed E-state index contributed by atoms with van der Waals surface area (Å²) in [5.74, 6) is -0.777. The van der Waals surface area contributed by atoms with Gasteiger partial charge in [-0.3, -0.25) is 4.57 Å². The lowest BCUT2D eigenvalue weighted by Gasteiger charge is -2.03. The first-order valence-corrected chi connectivity index (χ1v) is 8.03. The van der Waals surface area contributed by atoms with Crippen molar-refractivity contribution >= 4 is 28.9 Å². The summed E-state index contributed by atoms with van der Waals surface area (Å²) in [6, 6.07) is 11.4. The molecule has 6 heteroatoms. The Morgan fingerprint density at radius 3 is 2.63 bits per heavy atom. The number of hydrogen-bond acceptors (Lipinski definition) is 4. The summed E-state index contributed by atoms with van der Waals surface area (Å²) in [7, 11) is 2.71. The van der Waals surface area contributed by atoms with Crippen LogP contribution in [0, 0.1) is 0 Å². The Morgan fingerprint density at radius 2 is 1.89 bits per heavy atom. The number of para-hydroxylation sites is 1. The maximum atomic E-state index is 11.7. The molecule has 0 amide bonds. The molecule has 0 unspecified atom stereocenters. The topological polar surface area (TPSA) is 61.4 Å². The van der Waals surface area contributed by atoms with Gasteiger partial charge in [-0.05, 0) is 18.2 Å². The molecule has 140 valence electrons. The lowest BCUT2D eigenvalue weighted by molar-refractivity contribution is -0.701. The zero-order valence-corrected chi connectivity index (χ0v) is 14.6. The number of nitrogens with zero attached hydrogens (tertiary/aromatic N) is 2. The number of carbonyl (C=O) groups excluding carboxylic acids is 2. The molecule has 6 nitrogen and oxygen atoms in total. The Labute approximate surface area is 158 Å². The van der Waals surface area contributed by atoms with E-state index in [1.807, 2.05) is 45.8 Å². The van der Waals surface area contributed by atoms with Crippen LogP contribution in [0.15, 0.2) is 61.1 Å². The monoisotopic (exact) mass is 367 g/mol. The number of fused-ring (bicyclic) bond motifs is 1. The first-order valence-electron chi connectivity index (χ1n) is 8.03. The first-order chi connectivity index (χ1) is 12.6. The van der Waals surface area contributed by atoms with Crippen molar-refractivity contribution in [1.82, 2.24) is 4.57 Å². The van der Waals surface area contributed by atoms with Gasteiger partial charge in [0, 0.05) is 29.3 Å². The second-order valence-electron chi connectivity index (χ2n) is 5.67. The molecule has 0 saturated heterocycles. The summed E-state index contributed by atoms with van der Waals surface area (Å²) in [4.78, 5) is 23.1. The Morgan fingerprint density at radius 1 is 1.11 bits per heavy atom. The molecule has 0 bridgehead atoms. The van der Waals surface area contributed by atoms with Crippen molar-refractivity contribution in [3.05, 3.63) is 72.2 Å². The van der Waals surface area contributed by atoms with Crippen molar-refractivity contribution in [1.29, 1.82) is 0 Å². The molecule has 0 atom stereocenters. The van der Waals surface area contributed by atoms with Crippen LogP contribution in [0.25, 0.3) is 17.0 Å². The van der Waals surface area contributed by atoms with Crippen LogP contribution in [0.2, 0.25) is 0 Å². The number of pyridine rings is 1. The molecular weight excluding hydrogens is 344 g/mol. The number of methoxy groups -OCH3 is 2. The van der Waals surface area contributed by atoms with E-state index in [0.29, 0.717) is 12.2 Å². The highest BCUT2D eigenvalue weighted by molar-refractivity contribution is 5.94. The molecule has 0 radical (unpaired) electrons. The number of rotatable bonds is 5. The van der Waals surface area contributed by atoms with Gasteiger partial charge in [0.15, 0.2) is 12.4 Å². The van der Waals surface area contributed by atoms with Gasteiger partial charge >= 0.3 is 11.9 Å². The zero-order valence-electron chi connectivity index (χ0n) is 14.6. The fourth-order valence-corrected chi connectivity index (χ4v) is 2.78. The molecule has 2 heterocycles. The second kappa shape index (κ2) is 8.80. The number of esters is 2. The molecule has 0 aliphatic carbocycles. The normalized spacial score (nSPS) is 10.6. The van der Waals surface area contributed by atoms with Crippen molar-refractivity contribution in [2.45, 2.75) is 14.1 Å². The molecule has 3 rings (SSSR count). The van der Waals surface area contributed by atoms with Crippen LogP contribution in [0.1, 0.15) is 23.3 Å². The van der Waals surface area contributed by atoms with Crippen LogP contribution in [0.4, 0.5) is 0 Å². The third kappa shape index (κ3) is 4.41. The Kier molecular flexibility index (Phi) is 6.49. The first kappa shape index (κ1) is 19.9. The molecule has 2 aromatic heterocycles. The number of ether oxygens (including phenoxy) is 2. The van der Waals surface area contributed by atoms with Crippen molar-refractivity contribution in [2.24, 2.45) is 0 Å². The minimum absolute atomic E-state index is 0. The van der Waals surface area contributed by atoms with Crippen molar-refractivity contribution < 1.29 is 23.6 Å². The molecule has 0 spiro atoms. The van der Waals surface area contributed by atoms with Crippen molar-refractivity contribution in [2.75, 3.05) is 14.2 Å². The maximum Gasteiger partial charge on any atom is 0.343 e. The van der Waals surface area contributed by atoms with E-state index in [1.54, 1.807) is 24.4 Å². The molecule has 3 aromatic rings. The molecule has 0 aliphatic heterocycles. The predicted octanol–water partition coefficient (Wildman–Crippen LogP) is 3.04. The average molecular weight is 367 g/mol. The summed E-state index contributed by atoms with van der Waals surface area (Å²) in [5.41, 5.74) is 2.42. The third-order valence-electron chi connectivity index (χ3n) is 4.01. The van der Waals surface area contributed by atoms with Gasteiger partial charge in [0.25, 0.3) is 0 Å². The average Bonchev–Trinajstić information content (AvgIpc) is 3.03. The van der Waals surface area contributed by atoms with Gasteiger partial charge in [0.2, 0.25) is 6.67 Å². The van der Waals surface area contributed by atoms with Gasteiger partial charge in [-0.2, -0.15) is 4.57 Å². The smallest absolute Gasteiger partial charge is 0.343 e. The highest BCUT2D eigenvalue weighted by atomic mass is 16.5. The summed E-state index contributed by atoms with van der Waals surface area (Å²) in [5, 5.41) is 1.03. The van der Waals surface area contributed by atoms with E-state index in [0.717, 1.165) is 16.5 Å². The Hall–Kier alpha value is -3.41. The van der Waals surface area contributed by atoms with Gasteiger partial charge in [-0.1, -0.05) is 25.6 Å². The van der Waals surface area contributed by atoms with Crippen LogP contribution in [0.5, 0.6) is 0 Å². The van der Waals surface area contributed by atoms with E-state index in [2.05, 4.69) is 4.74 Å². The molecule has 0 saturated carbocycles. The Balaban J connectivity index is 0.00000261. The lowest BCUT2D eigenvalue weighted by atomic mass is 10.1. The fourth-order valence-electron chi connectivity index (χ4n) is 2.78. The van der Waals surface area contributed by atoms with Crippen molar-refractivity contribution in [3.63, 3.8) is 0 Å². The zero-order chi connectivity index (χ0) is 18.5. The van der Waals surface area contributed by atoms with Crippen molar-refractivity contribution in [3.8, 4) is 0 Å². The highest BCUT2D eigenvalue weighted by Gasteiger charge is 2.13. The van der Waals surface area contributed by atoms with E-state index >= 15 is 0 Å². The highest BCUT2D eigenvalue weighted by Crippen LogP contribution is 2.22. The van der Waals surface area contributed by atoms with E-state index in [9.17, 15) is 9.59 Å². The van der Waals surface area contributed by atoms with Gasteiger partial charge in [-0.25, -0.2) is 9.59 Å². The lowest BCUT2D eigenvalue weighted by Crippen LogP contribution is -2.37. The van der Waals surface area contributed by atoms with Crippen LogP contribution in [-0.4, -0.2) is 30.7 Å². The maximum absolute atomic E-state index is 11.7. The largest absolute Gasteiger partial charge is 0.466 e. The van der Waals surface area contributed by atoms with Crippen LogP contribution >= 0.6 is 0 Å². The van der Waals surface area contributed by atoms with Gasteiger partial charge in [0.1, 0.15) is 5.56 Å². The molecular formula is C21H23N2O4+. The van der Waals surface area contributed by atoms with Crippen LogP contribution in [0.3, 0.4) is 0 Å². The number of carbonyl (C=O) groups is 2. The van der Waals surface area contributed by atoms with Gasteiger partial charge in [0.05, 0.1) is 19.7 Å². The Bertz CT molecular complexity index is 989. The molecule has 0 N–H and O–H groups in total. The van der Waals surface area contributed by atoms with Crippen LogP contribution < -0.4 is 4.57 Å². The van der Waals surface area contributed by atoms with Gasteiger partial charge in [-0.15, -0.1) is 0 Å². The SMILES string of the molecule is C.COC(=O)/C=C/c1cn(C[n+]2cccc(C(=O)OC)c2)c2ccccc12.